The van der Waals surface area contributed by atoms with Crippen LogP contribution < -0.4 is 20.1 Å². The highest BCUT2D eigenvalue weighted by atomic mass is 79.9. The summed E-state index contributed by atoms with van der Waals surface area (Å²) in [7, 11) is 0. The lowest BCUT2D eigenvalue weighted by molar-refractivity contribution is -0.117. The molecule has 0 bridgehead atoms. The quantitative estimate of drug-likeness (QED) is 0.706. The number of hydrogen-bond acceptors (Lipinski definition) is 5. The second kappa shape index (κ2) is 10.8. The van der Waals surface area contributed by atoms with Crippen molar-refractivity contribution in [3.63, 3.8) is 0 Å². The second-order valence-electron chi connectivity index (χ2n) is 5.12. The first-order valence-corrected chi connectivity index (χ1v) is 8.63. The Morgan fingerprint density at radius 3 is 2.58 bits per heavy atom. The van der Waals surface area contributed by atoms with Gasteiger partial charge in [0.2, 0.25) is 5.91 Å². The molecule has 1 saturated heterocycles. The Labute approximate surface area is 157 Å². The third-order valence-electron chi connectivity index (χ3n) is 3.34. The minimum Gasteiger partial charge on any atom is -0.490 e. The number of ether oxygens (including phenoxy) is 3. The third kappa shape index (κ3) is 6.12. The van der Waals surface area contributed by atoms with Gasteiger partial charge in [0.15, 0.2) is 11.5 Å². The zero-order valence-electron chi connectivity index (χ0n) is 13.9. The molecule has 2 rings (SSSR count). The molecule has 1 aliphatic heterocycles. The van der Waals surface area contributed by atoms with Crippen molar-refractivity contribution < 1.29 is 19.0 Å². The number of nitrogens with one attached hydrogen (secondary N) is 2. The maximum Gasteiger partial charge on any atom is 0.226 e. The van der Waals surface area contributed by atoms with Crippen LogP contribution in [0.4, 0.5) is 5.69 Å². The first-order valence-electron chi connectivity index (χ1n) is 7.84. The van der Waals surface area contributed by atoms with Crippen LogP contribution in [0.5, 0.6) is 11.5 Å². The maximum absolute atomic E-state index is 12.2. The van der Waals surface area contributed by atoms with Crippen molar-refractivity contribution in [2.24, 2.45) is 0 Å². The molecule has 0 spiro atoms. The number of morpholine rings is 1. The van der Waals surface area contributed by atoms with Gasteiger partial charge < -0.3 is 24.8 Å². The van der Waals surface area contributed by atoms with Crippen molar-refractivity contribution in [3.8, 4) is 11.5 Å². The van der Waals surface area contributed by atoms with Gasteiger partial charge in [0.25, 0.3) is 0 Å². The lowest BCUT2D eigenvalue weighted by Gasteiger charge is -2.23. The molecule has 1 aromatic rings. The van der Waals surface area contributed by atoms with Crippen LogP contribution in [0.1, 0.15) is 20.3 Å². The van der Waals surface area contributed by atoms with E-state index < -0.39 is 0 Å². The fourth-order valence-electron chi connectivity index (χ4n) is 2.34. The number of halogens is 2. The van der Waals surface area contributed by atoms with E-state index in [1.54, 1.807) is 6.07 Å². The van der Waals surface area contributed by atoms with E-state index in [0.29, 0.717) is 50.0 Å². The van der Waals surface area contributed by atoms with Crippen LogP contribution in [0.15, 0.2) is 16.6 Å². The van der Waals surface area contributed by atoms with E-state index in [0.717, 1.165) is 11.0 Å². The summed E-state index contributed by atoms with van der Waals surface area (Å²) in [6.45, 7) is 6.93. The molecule has 0 radical (unpaired) electrons. The number of carbonyl (C=O) groups is 1. The summed E-state index contributed by atoms with van der Waals surface area (Å²) in [5, 5.41) is 6.17. The summed E-state index contributed by atoms with van der Waals surface area (Å²) in [6.07, 6.45) is 0.365. The van der Waals surface area contributed by atoms with Crippen LogP contribution in [0.2, 0.25) is 0 Å². The van der Waals surface area contributed by atoms with E-state index in [1.807, 2.05) is 19.9 Å². The van der Waals surface area contributed by atoms with Gasteiger partial charge in [-0.25, -0.2) is 0 Å². The number of rotatable bonds is 7. The Kier molecular flexibility index (Phi) is 9.43. The zero-order valence-corrected chi connectivity index (χ0v) is 16.3. The number of anilines is 1. The van der Waals surface area contributed by atoms with Crippen molar-refractivity contribution in [1.29, 1.82) is 0 Å². The predicted molar refractivity (Wildman–Crippen MR) is 99.6 cm³/mol. The number of hydrogen-bond donors (Lipinski definition) is 2. The van der Waals surface area contributed by atoms with Crippen LogP contribution in [0, 0.1) is 0 Å². The minimum absolute atomic E-state index is 0. The molecule has 2 N–H and O–H groups in total. The van der Waals surface area contributed by atoms with Crippen molar-refractivity contribution in [3.05, 3.63) is 16.6 Å². The van der Waals surface area contributed by atoms with Crippen LogP contribution in [0.3, 0.4) is 0 Å². The Morgan fingerprint density at radius 2 is 2.00 bits per heavy atom. The fourth-order valence-corrected chi connectivity index (χ4v) is 2.76. The molecule has 136 valence electrons. The number of carbonyl (C=O) groups excluding carboxylic acids is 1. The molecule has 8 heteroatoms. The molecule has 1 heterocycles. The third-order valence-corrected chi connectivity index (χ3v) is 3.99. The zero-order chi connectivity index (χ0) is 16.7. The monoisotopic (exact) mass is 422 g/mol. The molecule has 0 aromatic heterocycles. The van der Waals surface area contributed by atoms with Crippen LogP contribution in [-0.4, -0.2) is 44.9 Å². The molecular weight excluding hydrogens is 400 g/mol. The molecule has 1 unspecified atom stereocenters. The van der Waals surface area contributed by atoms with Gasteiger partial charge in [-0.1, -0.05) is 0 Å². The van der Waals surface area contributed by atoms with Gasteiger partial charge in [-0.3, -0.25) is 4.79 Å². The molecule has 0 saturated carbocycles. The largest absolute Gasteiger partial charge is 0.490 e. The molecule has 1 amide bonds. The summed E-state index contributed by atoms with van der Waals surface area (Å²) in [4.78, 5) is 12.2. The molecule has 6 nitrogen and oxygen atoms in total. The Hall–Kier alpha value is -1.02. The minimum atomic E-state index is -0.0692. The second-order valence-corrected chi connectivity index (χ2v) is 5.98. The fraction of sp³-hybridized carbons (Fsp3) is 0.562. The van der Waals surface area contributed by atoms with Gasteiger partial charge in [0.05, 0.1) is 32.1 Å². The number of benzene rings is 1. The van der Waals surface area contributed by atoms with Crippen molar-refractivity contribution in [1.82, 2.24) is 5.32 Å². The Balaban J connectivity index is 0.00000288. The predicted octanol–water partition coefficient (Wildman–Crippen LogP) is 2.99. The summed E-state index contributed by atoms with van der Waals surface area (Å²) in [5.74, 6) is 1.20. The molecule has 0 aliphatic carbocycles. The lowest BCUT2D eigenvalue weighted by Crippen LogP contribution is -2.43. The average Bonchev–Trinajstić information content (AvgIpc) is 2.53. The molecule has 1 aliphatic rings. The van der Waals surface area contributed by atoms with Gasteiger partial charge in [-0.2, -0.15) is 0 Å². The maximum atomic E-state index is 12.2. The van der Waals surface area contributed by atoms with Crippen LogP contribution >= 0.6 is 28.3 Å². The SMILES string of the molecule is CCOc1cc(Br)c(NC(=O)CC2COCCN2)cc1OCC.Cl. The summed E-state index contributed by atoms with van der Waals surface area (Å²) >= 11 is 3.47. The Bertz CT molecular complexity index is 539. The topological polar surface area (TPSA) is 68.8 Å². The van der Waals surface area contributed by atoms with E-state index in [4.69, 9.17) is 14.2 Å². The smallest absolute Gasteiger partial charge is 0.226 e. The first-order chi connectivity index (χ1) is 11.1. The molecule has 1 atom stereocenters. The van der Waals surface area contributed by atoms with Gasteiger partial charge in [-0.05, 0) is 29.8 Å². The summed E-state index contributed by atoms with van der Waals surface area (Å²) < 4.78 is 17.3. The standard InChI is InChI=1S/C16H23BrN2O4.ClH/c1-3-22-14-8-12(17)13(9-15(14)23-4-2)19-16(20)7-11-10-21-6-5-18-11;/h8-9,11,18H,3-7,10H2,1-2H3,(H,19,20);1H. The normalized spacial score (nSPS) is 16.9. The van der Waals surface area contributed by atoms with Crippen molar-refractivity contribution >= 4 is 39.9 Å². The molecular formula is C16H24BrClN2O4. The van der Waals surface area contributed by atoms with Crippen LogP contribution in [0.25, 0.3) is 0 Å². The van der Waals surface area contributed by atoms with E-state index in [9.17, 15) is 4.79 Å². The lowest BCUT2D eigenvalue weighted by atomic mass is 10.2. The van der Waals surface area contributed by atoms with Crippen molar-refractivity contribution in [2.45, 2.75) is 26.3 Å². The molecule has 24 heavy (non-hydrogen) atoms. The highest BCUT2D eigenvalue weighted by molar-refractivity contribution is 9.10. The number of amides is 1. The summed E-state index contributed by atoms with van der Waals surface area (Å²) in [6, 6.07) is 3.64. The van der Waals surface area contributed by atoms with Gasteiger partial charge >= 0.3 is 0 Å². The molecule has 1 fully saturated rings. The van der Waals surface area contributed by atoms with E-state index in [2.05, 4.69) is 26.6 Å². The van der Waals surface area contributed by atoms with Gasteiger partial charge in [0.1, 0.15) is 0 Å². The average molecular weight is 424 g/mol. The highest BCUT2D eigenvalue weighted by Gasteiger charge is 2.18. The molecule has 1 aromatic carbocycles. The Morgan fingerprint density at radius 1 is 1.33 bits per heavy atom. The van der Waals surface area contributed by atoms with Gasteiger partial charge in [0, 0.05) is 35.6 Å². The van der Waals surface area contributed by atoms with E-state index in [1.165, 1.54) is 0 Å². The van der Waals surface area contributed by atoms with E-state index in [-0.39, 0.29) is 24.4 Å². The summed E-state index contributed by atoms with van der Waals surface area (Å²) in [5.41, 5.74) is 0.665. The highest BCUT2D eigenvalue weighted by Crippen LogP contribution is 2.36. The van der Waals surface area contributed by atoms with Crippen LogP contribution in [-0.2, 0) is 9.53 Å². The van der Waals surface area contributed by atoms with Gasteiger partial charge in [-0.15, -0.1) is 12.4 Å². The van der Waals surface area contributed by atoms with Crippen molar-refractivity contribution in [2.75, 3.05) is 38.3 Å². The first kappa shape index (κ1) is 21.0. The van der Waals surface area contributed by atoms with E-state index >= 15 is 0 Å².